The molecule has 1 aromatic carbocycles. The number of rotatable bonds is 10. The topological polar surface area (TPSA) is 102 Å². The molecule has 12 heteroatoms. The number of hydrogen-bond donors (Lipinski definition) is 1. The number of sulfonamides is 1. The van der Waals surface area contributed by atoms with Crippen molar-refractivity contribution < 1.29 is 22.0 Å². The lowest BCUT2D eigenvalue weighted by Crippen LogP contribution is -2.27. The van der Waals surface area contributed by atoms with Gasteiger partial charge in [-0.3, -0.25) is 8.87 Å². The van der Waals surface area contributed by atoms with E-state index in [1.165, 1.54) is 40.1 Å². The Labute approximate surface area is 200 Å². The molecular formula is C21H24N3O5PS3. The van der Waals surface area contributed by atoms with E-state index >= 15 is 0 Å². The van der Waals surface area contributed by atoms with Crippen molar-refractivity contribution in [2.24, 2.45) is 0 Å². The van der Waals surface area contributed by atoms with Gasteiger partial charge in [0, 0.05) is 28.9 Å². The molecule has 0 saturated carbocycles. The molecule has 4 aromatic rings. The molecule has 0 amide bonds. The monoisotopic (exact) mass is 525 g/mol. The first-order valence-electron chi connectivity index (χ1n) is 10.2. The van der Waals surface area contributed by atoms with Gasteiger partial charge in [0.1, 0.15) is 9.90 Å². The third-order valence-corrected chi connectivity index (χ3v) is 10.9. The summed E-state index contributed by atoms with van der Waals surface area (Å²) >= 11 is 2.72. The van der Waals surface area contributed by atoms with Crippen LogP contribution in [0.4, 0.5) is 5.69 Å². The van der Waals surface area contributed by atoms with Crippen molar-refractivity contribution in [3.8, 4) is 10.7 Å². The normalized spacial score (nSPS) is 12.5. The lowest BCUT2D eigenvalue weighted by Gasteiger charge is -2.21. The molecule has 3 aromatic heterocycles. The fourth-order valence-electron chi connectivity index (χ4n) is 3.52. The molecule has 0 spiro atoms. The van der Waals surface area contributed by atoms with E-state index in [9.17, 15) is 13.0 Å². The predicted molar refractivity (Wildman–Crippen MR) is 134 cm³/mol. The second-order valence-corrected chi connectivity index (χ2v) is 12.9. The molecular weight excluding hydrogens is 501 g/mol. The van der Waals surface area contributed by atoms with Crippen LogP contribution in [0.15, 0.2) is 52.2 Å². The number of fused-ring (bicyclic) bond motifs is 1. The Bertz CT molecular complexity index is 1390. The van der Waals surface area contributed by atoms with E-state index in [0.717, 1.165) is 16.1 Å². The lowest BCUT2D eigenvalue weighted by atomic mass is 10.2. The van der Waals surface area contributed by atoms with Gasteiger partial charge in [-0.2, -0.15) is 0 Å². The van der Waals surface area contributed by atoms with Gasteiger partial charge in [0.15, 0.2) is 0 Å². The summed E-state index contributed by atoms with van der Waals surface area (Å²) in [7, 11) is -5.88. The average Bonchev–Trinajstić information content (AvgIpc) is 3.52. The number of aromatic nitrogens is 2. The molecule has 176 valence electrons. The minimum Gasteiger partial charge on any atom is -0.351 e. The molecule has 33 heavy (non-hydrogen) atoms. The Morgan fingerprint density at radius 3 is 2.55 bits per heavy atom. The maximum Gasteiger partial charge on any atom is 0.335 e. The van der Waals surface area contributed by atoms with Crippen LogP contribution in [0.2, 0.25) is 0 Å². The highest BCUT2D eigenvalue weighted by Gasteiger charge is 2.32. The number of para-hydroxylation sites is 1. The van der Waals surface area contributed by atoms with Crippen LogP contribution in [-0.2, 0) is 29.8 Å². The van der Waals surface area contributed by atoms with E-state index in [1.807, 2.05) is 23.6 Å². The number of thiophene rings is 1. The van der Waals surface area contributed by atoms with Gasteiger partial charge in [0.05, 0.1) is 36.3 Å². The molecule has 8 nitrogen and oxygen atoms in total. The maximum atomic E-state index is 13.6. The van der Waals surface area contributed by atoms with Crippen molar-refractivity contribution in [1.29, 1.82) is 0 Å². The molecule has 4 rings (SSSR count). The molecule has 3 heterocycles. The zero-order valence-electron chi connectivity index (χ0n) is 18.3. The third-order valence-electron chi connectivity index (χ3n) is 4.97. The summed E-state index contributed by atoms with van der Waals surface area (Å²) in [6.45, 7) is 3.87. The van der Waals surface area contributed by atoms with E-state index in [1.54, 1.807) is 31.5 Å². The van der Waals surface area contributed by atoms with Crippen LogP contribution in [0.3, 0.4) is 0 Å². The highest BCUT2D eigenvalue weighted by Crippen LogP contribution is 2.53. The smallest absolute Gasteiger partial charge is 0.335 e. The largest absolute Gasteiger partial charge is 0.351 e. The van der Waals surface area contributed by atoms with Crippen LogP contribution in [0, 0.1) is 0 Å². The van der Waals surface area contributed by atoms with Crippen LogP contribution in [0.1, 0.15) is 18.7 Å². The first-order valence-corrected chi connectivity index (χ1v) is 15.2. The molecule has 0 atom stereocenters. The van der Waals surface area contributed by atoms with Gasteiger partial charge in [-0.15, -0.1) is 22.7 Å². The van der Waals surface area contributed by atoms with Gasteiger partial charge in [-0.1, -0.05) is 12.1 Å². The van der Waals surface area contributed by atoms with Crippen LogP contribution in [0.5, 0.6) is 0 Å². The van der Waals surface area contributed by atoms with Crippen LogP contribution in [0.25, 0.3) is 21.6 Å². The highest BCUT2D eigenvalue weighted by atomic mass is 32.2. The Morgan fingerprint density at radius 1 is 1.12 bits per heavy atom. The summed E-state index contributed by atoms with van der Waals surface area (Å²) in [6, 6.07) is 8.97. The average molecular weight is 526 g/mol. The minimum absolute atomic E-state index is 0.0957. The lowest BCUT2D eigenvalue weighted by molar-refractivity contribution is 0.219. The Balaban J connectivity index is 1.72. The molecule has 0 fully saturated rings. The fourth-order valence-corrected chi connectivity index (χ4v) is 8.98. The van der Waals surface area contributed by atoms with Crippen molar-refractivity contribution in [3.05, 3.63) is 52.2 Å². The van der Waals surface area contributed by atoms with Crippen molar-refractivity contribution >= 4 is 56.9 Å². The summed E-state index contributed by atoms with van der Waals surface area (Å²) in [5.74, 6) is 0. The van der Waals surface area contributed by atoms with Gasteiger partial charge in [0.2, 0.25) is 0 Å². The minimum atomic E-state index is -3.94. The standard InChI is InChI=1S/C21H24N3O5PS3/c1-4-28-30(25,29-5-2)14-18-19(9-11-31-18)33(26,27)24(3)17-8-6-7-15-13-16(23-20(15)17)21-22-10-12-32-21/h6-13,23H,4-5,14H2,1-3H3. The van der Waals surface area contributed by atoms with E-state index in [-0.39, 0.29) is 24.3 Å². The third kappa shape index (κ3) is 4.80. The van der Waals surface area contributed by atoms with Gasteiger partial charge in [-0.05, 0) is 37.4 Å². The van der Waals surface area contributed by atoms with E-state index in [0.29, 0.717) is 16.1 Å². The fraction of sp³-hybridized carbons (Fsp3) is 0.286. The summed E-state index contributed by atoms with van der Waals surface area (Å²) in [5, 5.41) is 5.26. The molecule has 0 unspecified atom stereocenters. The first kappa shape index (κ1) is 24.1. The van der Waals surface area contributed by atoms with E-state index < -0.39 is 17.6 Å². The number of nitrogens with one attached hydrogen (secondary N) is 1. The number of H-pyrrole nitrogens is 1. The van der Waals surface area contributed by atoms with Gasteiger partial charge in [0.25, 0.3) is 10.0 Å². The van der Waals surface area contributed by atoms with Crippen LogP contribution < -0.4 is 4.31 Å². The Kier molecular flexibility index (Phi) is 7.09. The molecule has 0 saturated heterocycles. The zero-order chi connectivity index (χ0) is 23.6. The first-order chi connectivity index (χ1) is 15.8. The summed E-state index contributed by atoms with van der Waals surface area (Å²) < 4.78 is 52.3. The zero-order valence-corrected chi connectivity index (χ0v) is 21.7. The molecule has 0 bridgehead atoms. The molecule has 1 N–H and O–H groups in total. The summed E-state index contributed by atoms with van der Waals surface area (Å²) in [6.07, 6.45) is 1.62. The van der Waals surface area contributed by atoms with Crippen LogP contribution in [-0.4, -0.2) is 38.6 Å². The molecule has 0 radical (unpaired) electrons. The number of benzene rings is 1. The number of aromatic amines is 1. The number of hydrogen-bond acceptors (Lipinski definition) is 8. The number of anilines is 1. The second-order valence-electron chi connectivity index (χ2n) is 7.05. The van der Waals surface area contributed by atoms with Crippen molar-refractivity contribution in [2.45, 2.75) is 24.9 Å². The molecule has 0 aliphatic heterocycles. The second kappa shape index (κ2) is 9.69. The predicted octanol–water partition coefficient (Wildman–Crippen LogP) is 5.94. The van der Waals surface area contributed by atoms with Gasteiger partial charge in [-0.25, -0.2) is 13.4 Å². The maximum absolute atomic E-state index is 13.6. The van der Waals surface area contributed by atoms with Crippen LogP contribution >= 0.6 is 30.3 Å². The Morgan fingerprint density at radius 2 is 1.88 bits per heavy atom. The molecule has 0 aliphatic rings. The van der Waals surface area contributed by atoms with Crippen molar-refractivity contribution in [2.75, 3.05) is 24.6 Å². The van der Waals surface area contributed by atoms with E-state index in [4.69, 9.17) is 9.05 Å². The van der Waals surface area contributed by atoms with Crippen molar-refractivity contribution in [3.63, 3.8) is 0 Å². The molecule has 0 aliphatic carbocycles. The summed E-state index contributed by atoms with van der Waals surface area (Å²) in [4.78, 5) is 8.17. The van der Waals surface area contributed by atoms with Crippen molar-refractivity contribution in [1.82, 2.24) is 9.97 Å². The SMILES string of the molecule is CCOP(=O)(Cc1sccc1S(=O)(=O)N(C)c1cccc2cc(-c3nccs3)[nH]c12)OCC. The highest BCUT2D eigenvalue weighted by molar-refractivity contribution is 7.93. The van der Waals surface area contributed by atoms with Gasteiger partial charge < -0.3 is 14.0 Å². The summed E-state index contributed by atoms with van der Waals surface area (Å²) in [5.41, 5.74) is 2.02. The Hall–Kier alpha value is -2.01. The van der Waals surface area contributed by atoms with E-state index in [2.05, 4.69) is 9.97 Å². The van der Waals surface area contributed by atoms with Gasteiger partial charge >= 0.3 is 7.60 Å². The quantitative estimate of drug-likeness (QED) is 0.257. The number of nitrogens with zero attached hydrogens (tertiary/aromatic N) is 2. The number of thiazole rings is 1.